The largest absolute Gasteiger partial charge is 0.366 e. The van der Waals surface area contributed by atoms with E-state index >= 15 is 0 Å². The average Bonchev–Trinajstić information content (AvgIpc) is 3.21. The predicted molar refractivity (Wildman–Crippen MR) is 138 cm³/mol. The van der Waals surface area contributed by atoms with E-state index in [9.17, 15) is 9.18 Å². The summed E-state index contributed by atoms with van der Waals surface area (Å²) < 4.78 is 15.8. The first-order chi connectivity index (χ1) is 17.5. The smallest absolute Gasteiger partial charge is 0.249 e. The van der Waals surface area contributed by atoms with E-state index in [1.54, 1.807) is 18.2 Å². The molecule has 2 aromatic heterocycles. The lowest BCUT2D eigenvalue weighted by molar-refractivity contribution is 0.100. The van der Waals surface area contributed by atoms with Crippen molar-refractivity contribution in [3.8, 4) is 5.95 Å². The van der Waals surface area contributed by atoms with Gasteiger partial charge in [0.15, 0.2) is 0 Å². The molecule has 1 unspecified atom stereocenters. The molecule has 0 aliphatic carbocycles. The number of carbonyl (C=O) groups excluding carboxylic acids is 1. The lowest BCUT2D eigenvalue weighted by atomic mass is 9.91. The van der Waals surface area contributed by atoms with E-state index in [1.807, 2.05) is 35.8 Å². The molecule has 1 saturated heterocycles. The van der Waals surface area contributed by atoms with E-state index in [-0.39, 0.29) is 5.82 Å². The number of carbonyl (C=O) groups is 1. The summed E-state index contributed by atoms with van der Waals surface area (Å²) in [6.45, 7) is 4.32. The van der Waals surface area contributed by atoms with Gasteiger partial charge < -0.3 is 11.1 Å². The second kappa shape index (κ2) is 9.02. The van der Waals surface area contributed by atoms with Crippen LogP contribution < -0.4 is 11.1 Å². The Morgan fingerprint density at radius 2 is 2.03 bits per heavy atom. The minimum atomic E-state index is -0.460. The molecular weight excluding hydrogens is 455 g/mol. The van der Waals surface area contributed by atoms with E-state index < -0.39 is 5.91 Å². The van der Waals surface area contributed by atoms with Crippen LogP contribution in [0.25, 0.3) is 16.9 Å². The number of benzene rings is 2. The SMILES string of the molecule is Cc1cc2c(C(N)=O)cccc2n1-c1nc2c(c(NCc3cccc(F)c3)n1)CC1CCCCN1C2. The van der Waals surface area contributed by atoms with Crippen LogP contribution in [0.2, 0.25) is 0 Å². The maximum absolute atomic E-state index is 13.8. The highest BCUT2D eigenvalue weighted by Gasteiger charge is 2.32. The Balaban J connectivity index is 1.47. The van der Waals surface area contributed by atoms with Crippen molar-refractivity contribution in [3.63, 3.8) is 0 Å². The van der Waals surface area contributed by atoms with Crippen LogP contribution >= 0.6 is 0 Å². The summed E-state index contributed by atoms with van der Waals surface area (Å²) in [4.78, 5) is 24.6. The number of hydrogen-bond donors (Lipinski definition) is 2. The number of aromatic nitrogens is 3. The lowest BCUT2D eigenvalue weighted by Crippen LogP contribution is -2.44. The first kappa shape index (κ1) is 22.7. The third-order valence-electron chi connectivity index (χ3n) is 7.47. The molecule has 2 aromatic carbocycles. The Morgan fingerprint density at radius 1 is 1.17 bits per heavy atom. The van der Waals surface area contributed by atoms with Gasteiger partial charge in [-0.15, -0.1) is 0 Å². The van der Waals surface area contributed by atoms with Crippen molar-refractivity contribution in [2.24, 2.45) is 5.73 Å². The van der Waals surface area contributed by atoms with E-state index in [2.05, 4.69) is 10.2 Å². The zero-order valence-corrected chi connectivity index (χ0v) is 20.3. The predicted octanol–water partition coefficient (Wildman–Crippen LogP) is 4.49. The Kier molecular flexibility index (Phi) is 5.68. The van der Waals surface area contributed by atoms with Crippen LogP contribution in [0.15, 0.2) is 48.5 Å². The summed E-state index contributed by atoms with van der Waals surface area (Å²) in [5.74, 6) is 0.631. The van der Waals surface area contributed by atoms with E-state index in [0.29, 0.717) is 24.1 Å². The van der Waals surface area contributed by atoms with Crippen molar-refractivity contribution >= 4 is 22.6 Å². The zero-order chi connectivity index (χ0) is 24.8. The number of piperidine rings is 1. The minimum Gasteiger partial charge on any atom is -0.366 e. The number of anilines is 1. The number of amides is 1. The van der Waals surface area contributed by atoms with Crippen LogP contribution in [0.4, 0.5) is 10.2 Å². The second-order valence-corrected chi connectivity index (χ2v) is 9.83. The van der Waals surface area contributed by atoms with E-state index in [0.717, 1.165) is 58.7 Å². The monoisotopic (exact) mass is 484 g/mol. The molecule has 4 aromatic rings. The topological polar surface area (TPSA) is 89.1 Å². The lowest BCUT2D eigenvalue weighted by Gasteiger charge is -2.40. The fourth-order valence-electron chi connectivity index (χ4n) is 5.71. The molecule has 7 nitrogen and oxygen atoms in total. The first-order valence-corrected chi connectivity index (χ1v) is 12.5. The average molecular weight is 485 g/mol. The Hall–Kier alpha value is -3.78. The normalized spacial score (nSPS) is 17.6. The molecule has 0 spiro atoms. The maximum Gasteiger partial charge on any atom is 0.249 e. The molecule has 1 amide bonds. The Morgan fingerprint density at radius 3 is 2.86 bits per heavy atom. The number of primary amides is 1. The summed E-state index contributed by atoms with van der Waals surface area (Å²) in [5.41, 5.74) is 10.9. The third kappa shape index (κ3) is 4.01. The number of fused-ring (bicyclic) bond motifs is 3. The number of nitrogens with one attached hydrogen (secondary N) is 1. The van der Waals surface area contributed by atoms with Gasteiger partial charge >= 0.3 is 0 Å². The number of hydrogen-bond acceptors (Lipinski definition) is 5. The molecule has 1 fully saturated rings. The number of nitrogens with two attached hydrogens (primary N) is 1. The first-order valence-electron chi connectivity index (χ1n) is 12.5. The molecule has 4 heterocycles. The van der Waals surface area contributed by atoms with Crippen LogP contribution in [0.3, 0.4) is 0 Å². The molecule has 6 rings (SSSR count). The standard InChI is InChI=1S/C28H29FN6O/c1-17-12-22-21(26(30)36)9-5-10-25(22)35(17)28-32-24-16-34-11-3-2-8-20(34)14-23(24)27(33-28)31-15-18-6-4-7-19(29)13-18/h4-7,9-10,12-13,20H,2-3,8,11,14-16H2,1H3,(H2,30,36)(H,31,32,33). The molecule has 36 heavy (non-hydrogen) atoms. The van der Waals surface area contributed by atoms with Crippen LogP contribution in [0.5, 0.6) is 0 Å². The molecular formula is C28H29FN6O. The number of nitrogens with zero attached hydrogens (tertiary/aromatic N) is 4. The molecule has 0 bridgehead atoms. The highest BCUT2D eigenvalue weighted by atomic mass is 19.1. The highest BCUT2D eigenvalue weighted by molar-refractivity contribution is 6.06. The van der Waals surface area contributed by atoms with Gasteiger partial charge in [-0.25, -0.2) is 9.37 Å². The molecule has 2 aliphatic rings. The summed E-state index contributed by atoms with van der Waals surface area (Å²) in [6, 6.07) is 14.6. The van der Waals surface area contributed by atoms with Crippen molar-refractivity contribution in [3.05, 3.63) is 82.4 Å². The summed E-state index contributed by atoms with van der Waals surface area (Å²) in [7, 11) is 0. The molecule has 2 aliphatic heterocycles. The van der Waals surface area contributed by atoms with Gasteiger partial charge in [0, 0.05) is 41.3 Å². The fourth-order valence-corrected chi connectivity index (χ4v) is 5.71. The molecule has 3 N–H and O–H groups in total. The van der Waals surface area contributed by atoms with Crippen molar-refractivity contribution in [1.29, 1.82) is 0 Å². The zero-order valence-electron chi connectivity index (χ0n) is 20.3. The molecule has 8 heteroatoms. The Bertz CT molecular complexity index is 1480. The Labute approximate surface area is 209 Å². The van der Waals surface area contributed by atoms with Gasteiger partial charge in [0.25, 0.3) is 0 Å². The van der Waals surface area contributed by atoms with Gasteiger partial charge in [-0.2, -0.15) is 4.98 Å². The molecule has 184 valence electrons. The molecule has 1 atom stereocenters. The molecule has 0 radical (unpaired) electrons. The van der Waals surface area contributed by atoms with Gasteiger partial charge in [0.2, 0.25) is 11.9 Å². The summed E-state index contributed by atoms with van der Waals surface area (Å²) in [5, 5.41) is 4.27. The van der Waals surface area contributed by atoms with Crippen LogP contribution in [0, 0.1) is 12.7 Å². The van der Waals surface area contributed by atoms with Gasteiger partial charge in [-0.3, -0.25) is 14.3 Å². The van der Waals surface area contributed by atoms with Crippen molar-refractivity contribution in [1.82, 2.24) is 19.4 Å². The quantitative estimate of drug-likeness (QED) is 0.436. The van der Waals surface area contributed by atoms with Gasteiger partial charge in [-0.05, 0) is 68.6 Å². The second-order valence-electron chi connectivity index (χ2n) is 9.83. The number of aryl methyl sites for hydroxylation is 1. The van der Waals surface area contributed by atoms with Crippen molar-refractivity contribution in [2.45, 2.75) is 51.7 Å². The van der Waals surface area contributed by atoms with Crippen LogP contribution in [-0.2, 0) is 19.5 Å². The van der Waals surface area contributed by atoms with E-state index in [4.69, 9.17) is 15.7 Å². The summed E-state index contributed by atoms with van der Waals surface area (Å²) in [6.07, 6.45) is 4.55. The van der Waals surface area contributed by atoms with Gasteiger partial charge in [0.1, 0.15) is 11.6 Å². The third-order valence-corrected chi connectivity index (χ3v) is 7.47. The van der Waals surface area contributed by atoms with Gasteiger partial charge in [-0.1, -0.05) is 24.6 Å². The van der Waals surface area contributed by atoms with Crippen molar-refractivity contribution in [2.75, 3.05) is 11.9 Å². The van der Waals surface area contributed by atoms with Crippen LogP contribution in [-0.4, -0.2) is 37.9 Å². The van der Waals surface area contributed by atoms with E-state index in [1.165, 1.54) is 25.3 Å². The minimum absolute atomic E-state index is 0.253. The van der Waals surface area contributed by atoms with Crippen molar-refractivity contribution < 1.29 is 9.18 Å². The van der Waals surface area contributed by atoms with Gasteiger partial charge in [0.05, 0.1) is 11.2 Å². The van der Waals surface area contributed by atoms with Crippen LogP contribution in [0.1, 0.15) is 52.1 Å². The maximum atomic E-state index is 13.8. The molecule has 0 saturated carbocycles. The summed E-state index contributed by atoms with van der Waals surface area (Å²) >= 11 is 0. The highest BCUT2D eigenvalue weighted by Crippen LogP contribution is 2.34. The number of rotatable bonds is 5. The fraction of sp³-hybridized carbons (Fsp3) is 0.321. The number of halogens is 1.